The lowest BCUT2D eigenvalue weighted by Gasteiger charge is -2.11. The molecule has 0 rings (SSSR count). The van der Waals surface area contributed by atoms with E-state index in [-0.39, 0.29) is 11.9 Å². The Morgan fingerprint density at radius 3 is 2.64 bits per heavy atom. The highest BCUT2D eigenvalue weighted by molar-refractivity contribution is 5.77. The molecule has 84 valence electrons. The summed E-state index contributed by atoms with van der Waals surface area (Å²) in [5.41, 5.74) is 5.24. The van der Waals surface area contributed by atoms with Gasteiger partial charge < -0.3 is 15.2 Å². The third-order valence-electron chi connectivity index (χ3n) is 1.78. The van der Waals surface area contributed by atoms with Crippen LogP contribution in [0.4, 0.5) is 0 Å². The van der Waals surface area contributed by atoms with Crippen LogP contribution < -0.4 is 5.73 Å². The minimum atomic E-state index is 0.0160. The summed E-state index contributed by atoms with van der Waals surface area (Å²) < 4.78 is 10.7. The molecule has 1 atom stereocenters. The van der Waals surface area contributed by atoms with Gasteiger partial charge in [-0.05, 0) is 13.3 Å². The highest BCUT2D eigenvalue weighted by Crippen LogP contribution is 1.96. The fourth-order valence-electron chi connectivity index (χ4n) is 1.03. The van der Waals surface area contributed by atoms with Crippen LogP contribution >= 0.6 is 0 Å². The van der Waals surface area contributed by atoms with Gasteiger partial charge in [0.25, 0.3) is 0 Å². The van der Waals surface area contributed by atoms with Crippen LogP contribution in [-0.2, 0) is 9.47 Å². The fraction of sp³-hybridized carbons (Fsp3) is 0.900. The highest BCUT2D eigenvalue weighted by atomic mass is 16.5. The van der Waals surface area contributed by atoms with Crippen LogP contribution in [0.2, 0.25) is 0 Å². The molecule has 0 heterocycles. The van der Waals surface area contributed by atoms with E-state index in [1.807, 2.05) is 6.92 Å². The fourth-order valence-corrected chi connectivity index (χ4v) is 1.03. The number of rotatable bonds is 9. The van der Waals surface area contributed by atoms with E-state index >= 15 is 0 Å². The van der Waals surface area contributed by atoms with Crippen molar-refractivity contribution in [2.24, 2.45) is 5.73 Å². The van der Waals surface area contributed by atoms with Crippen LogP contribution in [0, 0.1) is 5.41 Å². The molecule has 0 saturated carbocycles. The molecule has 14 heavy (non-hydrogen) atoms. The van der Waals surface area contributed by atoms with Gasteiger partial charge in [0, 0.05) is 13.0 Å². The minimum absolute atomic E-state index is 0.0160. The summed E-state index contributed by atoms with van der Waals surface area (Å²) in [4.78, 5) is 0. The summed E-state index contributed by atoms with van der Waals surface area (Å²) in [5, 5.41) is 7.06. The molecule has 4 heteroatoms. The molecule has 0 aliphatic carbocycles. The van der Waals surface area contributed by atoms with Crippen molar-refractivity contribution >= 4 is 5.84 Å². The normalized spacial score (nSPS) is 12.7. The first-order valence-corrected chi connectivity index (χ1v) is 5.19. The molecule has 0 aromatic carbocycles. The van der Waals surface area contributed by atoms with Crippen molar-refractivity contribution < 1.29 is 9.47 Å². The Bertz CT molecular complexity index is 151. The van der Waals surface area contributed by atoms with E-state index in [1.54, 1.807) is 0 Å². The Balaban J connectivity index is 3.14. The van der Waals surface area contributed by atoms with Gasteiger partial charge >= 0.3 is 0 Å². The lowest BCUT2D eigenvalue weighted by Crippen LogP contribution is -2.21. The molecule has 3 N–H and O–H groups in total. The standard InChI is InChI=1S/C10H22N2O2/c1-3-4-5-13-6-7-14-9(2)8-10(11)12/h9H,3-8H2,1-2H3,(H3,11,12). The van der Waals surface area contributed by atoms with Crippen LogP contribution in [0.15, 0.2) is 0 Å². The van der Waals surface area contributed by atoms with Crippen molar-refractivity contribution in [3.05, 3.63) is 0 Å². The maximum Gasteiger partial charge on any atom is 0.0931 e. The van der Waals surface area contributed by atoms with Crippen molar-refractivity contribution in [2.45, 2.75) is 39.2 Å². The topological polar surface area (TPSA) is 68.3 Å². The Morgan fingerprint density at radius 2 is 2.07 bits per heavy atom. The first-order chi connectivity index (χ1) is 6.66. The molecule has 0 radical (unpaired) electrons. The van der Waals surface area contributed by atoms with Gasteiger partial charge in [0.05, 0.1) is 25.2 Å². The summed E-state index contributed by atoms with van der Waals surface area (Å²) in [6.45, 7) is 6.06. The van der Waals surface area contributed by atoms with Gasteiger partial charge in [0.15, 0.2) is 0 Å². The number of nitrogens with two attached hydrogens (primary N) is 1. The van der Waals surface area contributed by atoms with Gasteiger partial charge in [-0.25, -0.2) is 0 Å². The van der Waals surface area contributed by atoms with Gasteiger partial charge in [-0.3, -0.25) is 5.41 Å². The zero-order chi connectivity index (χ0) is 10.8. The van der Waals surface area contributed by atoms with E-state index < -0.39 is 0 Å². The number of nitrogens with one attached hydrogen (secondary N) is 1. The average molecular weight is 202 g/mol. The molecule has 0 aromatic rings. The SMILES string of the molecule is CCCCOCCOC(C)CC(=N)N. The largest absolute Gasteiger partial charge is 0.388 e. The van der Waals surface area contributed by atoms with E-state index in [0.717, 1.165) is 19.4 Å². The van der Waals surface area contributed by atoms with Crippen LogP contribution in [0.25, 0.3) is 0 Å². The third kappa shape index (κ3) is 9.48. The van der Waals surface area contributed by atoms with Gasteiger partial charge in [-0.1, -0.05) is 13.3 Å². The number of amidine groups is 1. The zero-order valence-electron chi connectivity index (χ0n) is 9.21. The molecule has 4 nitrogen and oxygen atoms in total. The van der Waals surface area contributed by atoms with E-state index in [0.29, 0.717) is 19.6 Å². The molecule has 0 fully saturated rings. The smallest absolute Gasteiger partial charge is 0.0931 e. The Labute approximate surface area is 86.3 Å². The summed E-state index contributed by atoms with van der Waals surface area (Å²) in [5.74, 6) is 0.171. The van der Waals surface area contributed by atoms with Crippen molar-refractivity contribution in [3.8, 4) is 0 Å². The minimum Gasteiger partial charge on any atom is -0.388 e. The number of unbranched alkanes of at least 4 members (excludes halogenated alkanes) is 1. The second-order valence-electron chi connectivity index (χ2n) is 3.38. The zero-order valence-corrected chi connectivity index (χ0v) is 9.21. The molecule has 0 aliphatic heterocycles. The quantitative estimate of drug-likeness (QED) is 0.338. The Hall–Kier alpha value is -0.610. The second kappa shape index (κ2) is 8.97. The first-order valence-electron chi connectivity index (χ1n) is 5.19. The van der Waals surface area contributed by atoms with Crippen molar-refractivity contribution in [1.82, 2.24) is 0 Å². The van der Waals surface area contributed by atoms with E-state index in [9.17, 15) is 0 Å². The molecule has 0 aromatic heterocycles. The maximum atomic E-state index is 7.06. The van der Waals surface area contributed by atoms with Crippen molar-refractivity contribution in [2.75, 3.05) is 19.8 Å². The maximum absolute atomic E-state index is 7.06. The molecule has 0 bridgehead atoms. The monoisotopic (exact) mass is 202 g/mol. The van der Waals surface area contributed by atoms with Gasteiger partial charge in [0.2, 0.25) is 0 Å². The average Bonchev–Trinajstić information content (AvgIpc) is 2.10. The first kappa shape index (κ1) is 13.4. The summed E-state index contributed by atoms with van der Waals surface area (Å²) >= 11 is 0. The third-order valence-corrected chi connectivity index (χ3v) is 1.78. The van der Waals surface area contributed by atoms with Crippen LogP contribution in [-0.4, -0.2) is 31.8 Å². The lowest BCUT2D eigenvalue weighted by molar-refractivity contribution is 0.0145. The van der Waals surface area contributed by atoms with E-state index in [4.69, 9.17) is 20.6 Å². The van der Waals surface area contributed by atoms with E-state index in [2.05, 4.69) is 6.92 Å². The van der Waals surface area contributed by atoms with Gasteiger partial charge in [0.1, 0.15) is 0 Å². The molecule has 0 spiro atoms. The van der Waals surface area contributed by atoms with Gasteiger partial charge in [-0.2, -0.15) is 0 Å². The summed E-state index contributed by atoms with van der Waals surface area (Å²) in [7, 11) is 0. The van der Waals surface area contributed by atoms with Crippen molar-refractivity contribution in [1.29, 1.82) is 5.41 Å². The number of ether oxygens (including phenoxy) is 2. The Morgan fingerprint density at radius 1 is 1.36 bits per heavy atom. The predicted octanol–water partition coefficient (Wildman–Crippen LogP) is 1.53. The van der Waals surface area contributed by atoms with Crippen LogP contribution in [0.1, 0.15) is 33.1 Å². The molecule has 0 amide bonds. The van der Waals surface area contributed by atoms with Crippen molar-refractivity contribution in [3.63, 3.8) is 0 Å². The highest BCUT2D eigenvalue weighted by Gasteiger charge is 2.02. The Kier molecular flexibility index (Phi) is 8.57. The summed E-state index contributed by atoms with van der Waals surface area (Å²) in [6, 6.07) is 0. The molecule has 0 aliphatic rings. The van der Waals surface area contributed by atoms with Crippen LogP contribution in [0.5, 0.6) is 0 Å². The summed E-state index contributed by atoms with van der Waals surface area (Å²) in [6.07, 6.45) is 2.77. The molecule has 1 unspecified atom stereocenters. The number of hydrogen-bond donors (Lipinski definition) is 2. The van der Waals surface area contributed by atoms with Crippen LogP contribution in [0.3, 0.4) is 0 Å². The lowest BCUT2D eigenvalue weighted by atomic mass is 10.3. The molecular weight excluding hydrogens is 180 g/mol. The molecular formula is C10H22N2O2. The molecule has 0 saturated heterocycles. The van der Waals surface area contributed by atoms with E-state index in [1.165, 1.54) is 0 Å². The van der Waals surface area contributed by atoms with Gasteiger partial charge in [-0.15, -0.1) is 0 Å². The number of hydrogen-bond acceptors (Lipinski definition) is 3. The predicted molar refractivity (Wildman–Crippen MR) is 57.7 cm³/mol. The second-order valence-corrected chi connectivity index (χ2v) is 3.38.